The molecule has 17 heavy (non-hydrogen) atoms. The van der Waals surface area contributed by atoms with E-state index in [9.17, 15) is 4.79 Å². The Morgan fingerprint density at radius 3 is 2.76 bits per heavy atom. The molecule has 0 aromatic heterocycles. The molecule has 92 valence electrons. The van der Waals surface area contributed by atoms with E-state index in [1.807, 2.05) is 0 Å². The van der Waals surface area contributed by atoms with E-state index in [0.29, 0.717) is 22.2 Å². The van der Waals surface area contributed by atoms with Crippen molar-refractivity contribution in [1.29, 1.82) is 0 Å². The van der Waals surface area contributed by atoms with Crippen LogP contribution in [0.15, 0.2) is 18.2 Å². The van der Waals surface area contributed by atoms with Gasteiger partial charge < -0.3 is 10.1 Å². The lowest BCUT2D eigenvalue weighted by atomic mass is 10.1. The van der Waals surface area contributed by atoms with Crippen molar-refractivity contribution in [3.05, 3.63) is 28.8 Å². The highest BCUT2D eigenvalue weighted by atomic mass is 35.5. The number of methoxy groups -OCH3 is 1. The fourth-order valence-corrected chi connectivity index (χ4v) is 2.10. The second kappa shape index (κ2) is 4.75. The molecule has 2 rings (SSSR count). The lowest BCUT2D eigenvalue weighted by Crippen LogP contribution is -2.38. The molecule has 0 saturated heterocycles. The molecule has 1 saturated carbocycles. The van der Waals surface area contributed by atoms with E-state index >= 15 is 0 Å². The maximum absolute atomic E-state index is 12.1. The highest BCUT2D eigenvalue weighted by Gasteiger charge is 2.43. The van der Waals surface area contributed by atoms with E-state index in [-0.39, 0.29) is 11.4 Å². The lowest BCUT2D eigenvalue weighted by molar-refractivity contribution is 0.0933. The molecule has 0 bridgehead atoms. The summed E-state index contributed by atoms with van der Waals surface area (Å²) in [5.74, 6) is 0.742. The van der Waals surface area contributed by atoms with Gasteiger partial charge in [-0.15, -0.1) is 11.6 Å². The number of hydrogen-bond acceptors (Lipinski definition) is 2. The SMILES string of the molecule is COc1cc(Cl)ccc1C(=O)NC1(CCl)CC1. The van der Waals surface area contributed by atoms with E-state index in [1.54, 1.807) is 18.2 Å². The van der Waals surface area contributed by atoms with Crippen LogP contribution >= 0.6 is 23.2 Å². The average Bonchev–Trinajstić information content (AvgIpc) is 3.09. The first-order valence-corrected chi connectivity index (χ1v) is 6.23. The maximum atomic E-state index is 12.1. The topological polar surface area (TPSA) is 38.3 Å². The highest BCUT2D eigenvalue weighted by Crippen LogP contribution is 2.37. The van der Waals surface area contributed by atoms with Crippen LogP contribution in [-0.4, -0.2) is 24.4 Å². The van der Waals surface area contributed by atoms with Gasteiger partial charge in [-0.3, -0.25) is 4.79 Å². The number of halogens is 2. The summed E-state index contributed by atoms with van der Waals surface area (Å²) in [4.78, 5) is 12.1. The summed E-state index contributed by atoms with van der Waals surface area (Å²) >= 11 is 11.7. The van der Waals surface area contributed by atoms with Crippen LogP contribution in [0.5, 0.6) is 5.75 Å². The summed E-state index contributed by atoms with van der Waals surface area (Å²) in [6, 6.07) is 4.94. The number of nitrogens with one attached hydrogen (secondary N) is 1. The summed E-state index contributed by atoms with van der Waals surface area (Å²) in [5, 5.41) is 3.47. The first kappa shape index (κ1) is 12.5. The van der Waals surface area contributed by atoms with Crippen LogP contribution in [0.1, 0.15) is 23.2 Å². The molecule has 0 heterocycles. The number of carbonyl (C=O) groups excluding carboxylic acids is 1. The number of benzene rings is 1. The van der Waals surface area contributed by atoms with Gasteiger partial charge in [0.1, 0.15) is 5.75 Å². The number of carbonyl (C=O) groups is 1. The summed E-state index contributed by atoms with van der Waals surface area (Å²) in [5.41, 5.74) is 0.261. The zero-order valence-electron chi connectivity index (χ0n) is 9.43. The van der Waals surface area contributed by atoms with Gasteiger partial charge in [0.2, 0.25) is 0 Å². The van der Waals surface area contributed by atoms with Crippen molar-refractivity contribution in [3.8, 4) is 5.75 Å². The van der Waals surface area contributed by atoms with Gasteiger partial charge in [0.15, 0.2) is 0 Å². The molecule has 0 spiro atoms. The fraction of sp³-hybridized carbons (Fsp3) is 0.417. The molecule has 1 amide bonds. The molecule has 1 aromatic rings. The Labute approximate surface area is 110 Å². The van der Waals surface area contributed by atoms with Gasteiger partial charge >= 0.3 is 0 Å². The third-order valence-corrected chi connectivity index (χ3v) is 3.64. The zero-order chi connectivity index (χ0) is 12.5. The number of amides is 1. The predicted molar refractivity (Wildman–Crippen MR) is 68.2 cm³/mol. The second-order valence-electron chi connectivity index (χ2n) is 4.21. The van der Waals surface area contributed by atoms with Gasteiger partial charge in [0, 0.05) is 10.9 Å². The Bertz CT molecular complexity index is 444. The largest absolute Gasteiger partial charge is 0.496 e. The Morgan fingerprint density at radius 2 is 2.24 bits per heavy atom. The molecule has 1 N–H and O–H groups in total. The van der Waals surface area contributed by atoms with Crippen LogP contribution in [0.25, 0.3) is 0 Å². The molecule has 0 radical (unpaired) electrons. The Morgan fingerprint density at radius 1 is 1.53 bits per heavy atom. The first-order chi connectivity index (χ1) is 8.10. The number of ether oxygens (including phenoxy) is 1. The van der Waals surface area contributed by atoms with Crippen molar-refractivity contribution < 1.29 is 9.53 Å². The molecule has 5 heteroatoms. The number of alkyl halides is 1. The van der Waals surface area contributed by atoms with E-state index in [0.717, 1.165) is 12.8 Å². The van der Waals surface area contributed by atoms with Gasteiger partial charge in [-0.05, 0) is 31.0 Å². The molecular formula is C12H13Cl2NO2. The van der Waals surface area contributed by atoms with Gasteiger partial charge in [0.05, 0.1) is 18.2 Å². The molecule has 1 aliphatic carbocycles. The molecule has 1 aliphatic rings. The number of rotatable bonds is 4. The van der Waals surface area contributed by atoms with Crippen molar-refractivity contribution in [3.63, 3.8) is 0 Å². The third kappa shape index (κ3) is 2.67. The minimum Gasteiger partial charge on any atom is -0.496 e. The van der Waals surface area contributed by atoms with Gasteiger partial charge in [-0.25, -0.2) is 0 Å². The highest BCUT2D eigenvalue weighted by molar-refractivity contribution is 6.30. The van der Waals surface area contributed by atoms with Gasteiger partial charge in [-0.1, -0.05) is 11.6 Å². The van der Waals surface area contributed by atoms with Crippen molar-refractivity contribution in [1.82, 2.24) is 5.32 Å². The average molecular weight is 274 g/mol. The normalized spacial score (nSPS) is 16.4. The summed E-state index contributed by atoms with van der Waals surface area (Å²) in [6.45, 7) is 0. The maximum Gasteiger partial charge on any atom is 0.255 e. The van der Waals surface area contributed by atoms with Crippen molar-refractivity contribution in [2.45, 2.75) is 18.4 Å². The van der Waals surface area contributed by atoms with Crippen LogP contribution in [0.3, 0.4) is 0 Å². The summed E-state index contributed by atoms with van der Waals surface area (Å²) in [7, 11) is 1.51. The Hall–Kier alpha value is -0.930. The van der Waals surface area contributed by atoms with E-state index in [2.05, 4.69) is 5.32 Å². The second-order valence-corrected chi connectivity index (χ2v) is 4.92. The van der Waals surface area contributed by atoms with E-state index in [1.165, 1.54) is 7.11 Å². The smallest absolute Gasteiger partial charge is 0.255 e. The Kier molecular flexibility index (Phi) is 3.50. The zero-order valence-corrected chi connectivity index (χ0v) is 10.9. The summed E-state index contributed by atoms with van der Waals surface area (Å²) in [6.07, 6.45) is 1.86. The van der Waals surface area contributed by atoms with Crippen molar-refractivity contribution >= 4 is 29.1 Å². The van der Waals surface area contributed by atoms with Crippen LogP contribution in [0.4, 0.5) is 0 Å². The fourth-order valence-electron chi connectivity index (χ4n) is 1.60. The standard InChI is InChI=1S/C12H13Cl2NO2/c1-17-10-6-8(14)2-3-9(10)11(16)15-12(7-13)4-5-12/h2-3,6H,4-5,7H2,1H3,(H,15,16). The quantitative estimate of drug-likeness (QED) is 0.857. The molecule has 3 nitrogen and oxygen atoms in total. The molecule has 0 atom stereocenters. The third-order valence-electron chi connectivity index (χ3n) is 2.90. The molecule has 1 aromatic carbocycles. The van der Waals surface area contributed by atoms with Crippen LogP contribution in [0.2, 0.25) is 5.02 Å². The van der Waals surface area contributed by atoms with Crippen molar-refractivity contribution in [2.24, 2.45) is 0 Å². The predicted octanol–water partition coefficient (Wildman–Crippen LogP) is 2.85. The summed E-state index contributed by atoms with van der Waals surface area (Å²) < 4.78 is 5.14. The molecule has 0 aliphatic heterocycles. The minimum atomic E-state index is -0.219. The minimum absolute atomic E-state index is 0.170. The molecule has 1 fully saturated rings. The van der Waals surface area contributed by atoms with E-state index in [4.69, 9.17) is 27.9 Å². The number of hydrogen-bond donors (Lipinski definition) is 1. The molecular weight excluding hydrogens is 261 g/mol. The van der Waals surface area contributed by atoms with Gasteiger partial charge in [-0.2, -0.15) is 0 Å². The van der Waals surface area contributed by atoms with Crippen LogP contribution < -0.4 is 10.1 Å². The van der Waals surface area contributed by atoms with E-state index < -0.39 is 0 Å². The van der Waals surface area contributed by atoms with Crippen LogP contribution in [0, 0.1) is 0 Å². The first-order valence-electron chi connectivity index (χ1n) is 5.32. The Balaban J connectivity index is 2.19. The lowest BCUT2D eigenvalue weighted by Gasteiger charge is -2.15. The van der Waals surface area contributed by atoms with Gasteiger partial charge in [0.25, 0.3) is 5.91 Å². The van der Waals surface area contributed by atoms with Crippen LogP contribution in [-0.2, 0) is 0 Å². The molecule has 0 unspecified atom stereocenters. The van der Waals surface area contributed by atoms with Crippen molar-refractivity contribution in [2.75, 3.05) is 13.0 Å². The monoisotopic (exact) mass is 273 g/mol.